The molecule has 2 aromatic rings. The van der Waals surface area contributed by atoms with Gasteiger partial charge in [0.2, 0.25) is 0 Å². The first-order valence-corrected chi connectivity index (χ1v) is 7.58. The van der Waals surface area contributed by atoms with E-state index in [1.807, 2.05) is 6.07 Å². The Morgan fingerprint density at radius 1 is 1.38 bits per heavy atom. The molecule has 0 spiro atoms. The third-order valence-corrected chi connectivity index (χ3v) is 4.67. The molecule has 3 nitrogen and oxygen atoms in total. The smallest absolute Gasteiger partial charge is 0.143 e. The van der Waals surface area contributed by atoms with Crippen molar-refractivity contribution in [1.29, 1.82) is 0 Å². The van der Waals surface area contributed by atoms with Crippen molar-refractivity contribution in [2.75, 3.05) is 13.2 Å². The molecule has 2 heterocycles. The quantitative estimate of drug-likeness (QED) is 0.911. The van der Waals surface area contributed by atoms with Crippen LogP contribution >= 0.6 is 0 Å². The Balaban J connectivity index is 1.99. The summed E-state index contributed by atoms with van der Waals surface area (Å²) < 4.78 is 14.2. The van der Waals surface area contributed by atoms with Gasteiger partial charge < -0.3 is 10.1 Å². The van der Waals surface area contributed by atoms with Crippen LogP contribution in [-0.4, -0.2) is 39.9 Å². The fourth-order valence-electron chi connectivity index (χ4n) is 3.48. The molecule has 0 radical (unpaired) electrons. The highest BCUT2D eigenvalue weighted by Gasteiger charge is 2.36. The molecular formula is C17H23FN2O. The monoisotopic (exact) mass is 290 g/mol. The van der Waals surface area contributed by atoms with E-state index >= 15 is 0 Å². The molecule has 1 aliphatic heterocycles. The fourth-order valence-corrected chi connectivity index (χ4v) is 3.48. The van der Waals surface area contributed by atoms with E-state index in [2.05, 4.69) is 41.9 Å². The summed E-state index contributed by atoms with van der Waals surface area (Å²) in [7, 11) is 0. The van der Waals surface area contributed by atoms with Gasteiger partial charge in [0, 0.05) is 35.2 Å². The van der Waals surface area contributed by atoms with E-state index in [1.165, 1.54) is 23.6 Å². The minimum atomic E-state index is -1.56. The third kappa shape index (κ3) is 2.47. The molecule has 1 aliphatic rings. The van der Waals surface area contributed by atoms with Crippen LogP contribution in [0.3, 0.4) is 0 Å². The molecule has 3 unspecified atom stereocenters. The van der Waals surface area contributed by atoms with Crippen molar-refractivity contribution in [3.8, 4) is 0 Å². The van der Waals surface area contributed by atoms with Gasteiger partial charge in [-0.2, -0.15) is 0 Å². The van der Waals surface area contributed by atoms with Crippen LogP contribution in [0.4, 0.5) is 4.39 Å². The lowest BCUT2D eigenvalue weighted by molar-refractivity contribution is 0.0133. The Kier molecular flexibility index (Phi) is 3.54. The number of fused-ring (bicyclic) bond motifs is 3. The summed E-state index contributed by atoms with van der Waals surface area (Å²) in [6, 6.07) is 8.70. The highest BCUT2D eigenvalue weighted by molar-refractivity contribution is 5.85. The number of nitrogens with zero attached hydrogens (tertiary/aromatic N) is 1. The Bertz CT molecular complexity index is 649. The number of alkyl halides is 1. The van der Waals surface area contributed by atoms with Crippen molar-refractivity contribution >= 4 is 10.9 Å². The van der Waals surface area contributed by atoms with E-state index in [-0.39, 0.29) is 18.6 Å². The minimum absolute atomic E-state index is 0.123. The molecule has 0 saturated heterocycles. The fraction of sp³-hybridized carbons (Fsp3) is 0.529. The topological polar surface area (TPSA) is 39.3 Å². The van der Waals surface area contributed by atoms with Gasteiger partial charge in [-0.15, -0.1) is 0 Å². The summed E-state index contributed by atoms with van der Waals surface area (Å²) in [5.74, 6) is 0. The summed E-state index contributed by atoms with van der Waals surface area (Å²) in [5, 5.41) is 10.5. The molecule has 2 N–H and O–H groups in total. The molecule has 21 heavy (non-hydrogen) atoms. The predicted molar refractivity (Wildman–Crippen MR) is 83.2 cm³/mol. The van der Waals surface area contributed by atoms with Gasteiger partial charge in [0.05, 0.1) is 6.61 Å². The molecule has 114 valence electrons. The second-order valence-electron chi connectivity index (χ2n) is 6.54. The van der Waals surface area contributed by atoms with E-state index < -0.39 is 12.3 Å². The summed E-state index contributed by atoms with van der Waals surface area (Å²) >= 11 is 0. The molecular weight excluding hydrogens is 267 g/mol. The van der Waals surface area contributed by atoms with Gasteiger partial charge in [-0.3, -0.25) is 4.90 Å². The predicted octanol–water partition coefficient (Wildman–Crippen LogP) is 3.20. The normalized spacial score (nSPS) is 25.8. The standard InChI is InChI=1S/C17H23FN2O/c1-11-8-14-13-6-4-5-7-15(13)19-16(14)12(2)20(11)9-17(3,18)10-21/h4-7,11-12,19,21H,8-10H2,1-3H3. The van der Waals surface area contributed by atoms with Gasteiger partial charge in [-0.1, -0.05) is 18.2 Å². The van der Waals surface area contributed by atoms with Crippen molar-refractivity contribution in [2.45, 2.75) is 44.9 Å². The van der Waals surface area contributed by atoms with Gasteiger partial charge in [-0.25, -0.2) is 4.39 Å². The van der Waals surface area contributed by atoms with Crippen molar-refractivity contribution in [3.05, 3.63) is 35.5 Å². The second kappa shape index (κ2) is 5.11. The number of benzene rings is 1. The first kappa shape index (κ1) is 14.5. The van der Waals surface area contributed by atoms with Crippen LogP contribution in [0.2, 0.25) is 0 Å². The molecule has 1 aromatic carbocycles. The summed E-state index contributed by atoms with van der Waals surface area (Å²) in [6.45, 7) is 5.52. The molecule has 1 aromatic heterocycles. The highest BCUT2D eigenvalue weighted by atomic mass is 19.1. The SMILES string of the molecule is CC1Cc2c([nH]c3ccccc23)C(C)N1CC(C)(F)CO. The first-order chi connectivity index (χ1) is 9.93. The van der Waals surface area contributed by atoms with E-state index in [9.17, 15) is 9.50 Å². The van der Waals surface area contributed by atoms with Gasteiger partial charge >= 0.3 is 0 Å². The van der Waals surface area contributed by atoms with Gasteiger partial charge in [0.15, 0.2) is 0 Å². The van der Waals surface area contributed by atoms with E-state index in [0.717, 1.165) is 11.9 Å². The number of nitrogens with one attached hydrogen (secondary N) is 1. The Hall–Kier alpha value is -1.39. The van der Waals surface area contributed by atoms with Crippen LogP contribution in [0.25, 0.3) is 10.9 Å². The molecule has 3 rings (SSSR count). The van der Waals surface area contributed by atoms with E-state index in [4.69, 9.17) is 0 Å². The number of hydrogen-bond donors (Lipinski definition) is 2. The Labute approximate surface area is 124 Å². The number of rotatable bonds is 3. The van der Waals surface area contributed by atoms with Crippen LogP contribution in [-0.2, 0) is 6.42 Å². The number of para-hydroxylation sites is 1. The van der Waals surface area contributed by atoms with E-state index in [1.54, 1.807) is 0 Å². The lowest BCUT2D eigenvalue weighted by atomic mass is 9.92. The van der Waals surface area contributed by atoms with Crippen LogP contribution in [0.5, 0.6) is 0 Å². The number of aliphatic hydroxyl groups excluding tert-OH is 1. The zero-order chi connectivity index (χ0) is 15.2. The highest BCUT2D eigenvalue weighted by Crippen LogP contribution is 2.37. The number of aromatic nitrogens is 1. The molecule has 0 amide bonds. The summed E-state index contributed by atoms with van der Waals surface area (Å²) in [4.78, 5) is 5.64. The van der Waals surface area contributed by atoms with Crippen LogP contribution < -0.4 is 0 Å². The van der Waals surface area contributed by atoms with Gasteiger partial charge in [-0.05, 0) is 38.8 Å². The molecule has 0 saturated carbocycles. The second-order valence-corrected chi connectivity index (χ2v) is 6.54. The lowest BCUT2D eigenvalue weighted by Crippen LogP contribution is -2.48. The Morgan fingerprint density at radius 3 is 2.81 bits per heavy atom. The zero-order valence-corrected chi connectivity index (χ0v) is 12.9. The van der Waals surface area contributed by atoms with Crippen molar-refractivity contribution < 1.29 is 9.50 Å². The van der Waals surface area contributed by atoms with E-state index in [0.29, 0.717) is 0 Å². The largest absolute Gasteiger partial charge is 0.393 e. The molecule has 4 heteroatoms. The van der Waals surface area contributed by atoms with Crippen molar-refractivity contribution in [2.24, 2.45) is 0 Å². The Morgan fingerprint density at radius 2 is 2.10 bits per heavy atom. The van der Waals surface area contributed by atoms with Gasteiger partial charge in [0.1, 0.15) is 5.67 Å². The number of halogens is 1. The number of aliphatic hydroxyl groups is 1. The average Bonchev–Trinajstić information content (AvgIpc) is 2.83. The maximum Gasteiger partial charge on any atom is 0.143 e. The summed E-state index contributed by atoms with van der Waals surface area (Å²) in [6.07, 6.45) is 0.908. The van der Waals surface area contributed by atoms with Crippen LogP contribution in [0.15, 0.2) is 24.3 Å². The van der Waals surface area contributed by atoms with Crippen molar-refractivity contribution in [3.63, 3.8) is 0 Å². The van der Waals surface area contributed by atoms with Crippen molar-refractivity contribution in [1.82, 2.24) is 9.88 Å². The maximum absolute atomic E-state index is 14.2. The molecule has 0 fully saturated rings. The van der Waals surface area contributed by atoms with Gasteiger partial charge in [0.25, 0.3) is 0 Å². The average molecular weight is 290 g/mol. The number of H-pyrrole nitrogens is 1. The molecule has 0 aliphatic carbocycles. The summed E-state index contributed by atoms with van der Waals surface area (Å²) in [5.41, 5.74) is 2.12. The zero-order valence-electron chi connectivity index (χ0n) is 12.9. The minimum Gasteiger partial charge on any atom is -0.393 e. The lowest BCUT2D eigenvalue weighted by Gasteiger charge is -2.41. The number of hydrogen-bond acceptors (Lipinski definition) is 2. The first-order valence-electron chi connectivity index (χ1n) is 7.58. The third-order valence-electron chi connectivity index (χ3n) is 4.67. The maximum atomic E-state index is 14.2. The molecule has 3 atom stereocenters. The molecule has 0 bridgehead atoms. The van der Waals surface area contributed by atoms with Crippen LogP contribution in [0.1, 0.15) is 38.1 Å². The number of aromatic amines is 1. The van der Waals surface area contributed by atoms with Crippen LogP contribution in [0, 0.1) is 0 Å².